The molecule has 0 radical (unpaired) electrons. The normalized spacial score (nSPS) is 11.4. The van der Waals surface area contributed by atoms with Gasteiger partial charge in [-0.2, -0.15) is 0 Å². The van der Waals surface area contributed by atoms with E-state index < -0.39 is 6.36 Å². The van der Waals surface area contributed by atoms with Crippen LogP contribution in [-0.2, 0) is 6.42 Å². The van der Waals surface area contributed by atoms with Gasteiger partial charge in [0.25, 0.3) is 0 Å². The van der Waals surface area contributed by atoms with Gasteiger partial charge in [0.05, 0.1) is 5.69 Å². The highest BCUT2D eigenvalue weighted by molar-refractivity contribution is 6.29. The van der Waals surface area contributed by atoms with Crippen LogP contribution in [0.15, 0.2) is 30.3 Å². The lowest BCUT2D eigenvalue weighted by atomic mass is 10.1. The molecule has 0 aliphatic heterocycles. The summed E-state index contributed by atoms with van der Waals surface area (Å²) in [5, 5.41) is 0.244. The Labute approximate surface area is 118 Å². The Morgan fingerprint density at radius 2 is 1.95 bits per heavy atom. The zero-order valence-corrected chi connectivity index (χ0v) is 11.2. The summed E-state index contributed by atoms with van der Waals surface area (Å²) in [6, 6.07) is 7.05. The molecule has 2 rings (SSSR count). The zero-order chi connectivity index (χ0) is 14.8. The standard InChI is InChI=1S/C13H10ClF3N2O/c1-2-12-18-10(7-11(14)19-12)8-4-3-5-9(6-8)20-13(15,16)17/h3-7H,2H2,1H3. The Bertz CT molecular complexity index is 617. The molecule has 0 aliphatic carbocycles. The molecule has 0 bridgehead atoms. The Kier molecular flexibility index (Phi) is 4.13. The van der Waals surface area contributed by atoms with E-state index in [1.165, 1.54) is 24.3 Å². The molecule has 0 saturated heterocycles. The lowest BCUT2D eigenvalue weighted by molar-refractivity contribution is -0.274. The maximum absolute atomic E-state index is 12.2. The van der Waals surface area contributed by atoms with Gasteiger partial charge in [-0.05, 0) is 12.1 Å². The maximum atomic E-state index is 12.2. The minimum absolute atomic E-state index is 0.244. The van der Waals surface area contributed by atoms with Crippen molar-refractivity contribution in [3.8, 4) is 17.0 Å². The Morgan fingerprint density at radius 1 is 1.20 bits per heavy atom. The monoisotopic (exact) mass is 302 g/mol. The molecular weight excluding hydrogens is 293 g/mol. The van der Waals surface area contributed by atoms with Gasteiger partial charge < -0.3 is 4.74 Å². The molecule has 1 aromatic carbocycles. The van der Waals surface area contributed by atoms with Crippen LogP contribution in [0, 0.1) is 0 Å². The first-order valence-electron chi connectivity index (χ1n) is 5.77. The van der Waals surface area contributed by atoms with Gasteiger partial charge in [-0.3, -0.25) is 0 Å². The van der Waals surface area contributed by atoms with Crippen molar-refractivity contribution in [1.82, 2.24) is 9.97 Å². The second kappa shape index (κ2) is 5.66. The third-order valence-corrected chi connectivity index (χ3v) is 2.61. The van der Waals surface area contributed by atoms with Crippen LogP contribution in [0.2, 0.25) is 5.15 Å². The molecule has 7 heteroatoms. The van der Waals surface area contributed by atoms with Crippen molar-refractivity contribution in [2.75, 3.05) is 0 Å². The van der Waals surface area contributed by atoms with E-state index in [1.807, 2.05) is 6.92 Å². The average molecular weight is 303 g/mol. The third-order valence-electron chi connectivity index (χ3n) is 2.42. The van der Waals surface area contributed by atoms with E-state index >= 15 is 0 Å². The second-order valence-corrected chi connectivity index (χ2v) is 4.31. The largest absolute Gasteiger partial charge is 0.573 e. The first-order valence-corrected chi connectivity index (χ1v) is 6.15. The predicted octanol–water partition coefficient (Wildman–Crippen LogP) is 4.26. The van der Waals surface area contributed by atoms with Crippen LogP contribution in [0.1, 0.15) is 12.7 Å². The summed E-state index contributed by atoms with van der Waals surface area (Å²) < 4.78 is 40.4. The SMILES string of the molecule is CCc1nc(Cl)cc(-c2cccc(OC(F)(F)F)c2)n1. The Hall–Kier alpha value is -1.82. The minimum Gasteiger partial charge on any atom is -0.406 e. The smallest absolute Gasteiger partial charge is 0.406 e. The topological polar surface area (TPSA) is 35.0 Å². The number of aryl methyl sites for hydroxylation is 1. The van der Waals surface area contributed by atoms with Gasteiger partial charge in [0, 0.05) is 18.1 Å². The minimum atomic E-state index is -4.73. The highest BCUT2D eigenvalue weighted by atomic mass is 35.5. The highest BCUT2D eigenvalue weighted by Crippen LogP contribution is 2.28. The molecule has 1 aromatic heterocycles. The molecule has 0 aliphatic rings. The number of hydrogen-bond acceptors (Lipinski definition) is 3. The van der Waals surface area contributed by atoms with Gasteiger partial charge in [-0.1, -0.05) is 30.7 Å². The van der Waals surface area contributed by atoms with E-state index in [-0.39, 0.29) is 10.9 Å². The molecule has 3 nitrogen and oxygen atoms in total. The van der Waals surface area contributed by atoms with Crippen LogP contribution in [0.4, 0.5) is 13.2 Å². The molecule has 20 heavy (non-hydrogen) atoms. The quantitative estimate of drug-likeness (QED) is 0.795. The van der Waals surface area contributed by atoms with Crippen LogP contribution in [0.5, 0.6) is 5.75 Å². The fraction of sp³-hybridized carbons (Fsp3) is 0.231. The van der Waals surface area contributed by atoms with E-state index in [0.29, 0.717) is 23.5 Å². The summed E-state index contributed by atoms with van der Waals surface area (Å²) in [6.07, 6.45) is -4.15. The van der Waals surface area contributed by atoms with Crippen LogP contribution in [-0.4, -0.2) is 16.3 Å². The van der Waals surface area contributed by atoms with Crippen molar-refractivity contribution in [1.29, 1.82) is 0 Å². The zero-order valence-electron chi connectivity index (χ0n) is 10.4. The number of hydrogen-bond donors (Lipinski definition) is 0. The van der Waals surface area contributed by atoms with Gasteiger partial charge in [0.2, 0.25) is 0 Å². The van der Waals surface area contributed by atoms with Crippen molar-refractivity contribution < 1.29 is 17.9 Å². The summed E-state index contributed by atoms with van der Waals surface area (Å²) in [5.41, 5.74) is 0.931. The molecule has 0 amide bonds. The fourth-order valence-corrected chi connectivity index (χ4v) is 1.82. The van der Waals surface area contributed by atoms with Gasteiger partial charge in [0.1, 0.15) is 16.7 Å². The maximum Gasteiger partial charge on any atom is 0.573 e. The number of nitrogens with zero attached hydrogens (tertiary/aromatic N) is 2. The van der Waals surface area contributed by atoms with Crippen molar-refractivity contribution >= 4 is 11.6 Å². The number of rotatable bonds is 3. The molecule has 0 N–H and O–H groups in total. The molecule has 0 spiro atoms. The number of halogens is 4. The first kappa shape index (κ1) is 14.6. The molecule has 2 aromatic rings. The van der Waals surface area contributed by atoms with Crippen molar-refractivity contribution in [2.24, 2.45) is 0 Å². The Balaban J connectivity index is 2.38. The molecule has 0 fully saturated rings. The average Bonchev–Trinajstić information content (AvgIpc) is 2.36. The summed E-state index contributed by atoms with van der Waals surface area (Å²) >= 11 is 5.86. The summed E-state index contributed by atoms with van der Waals surface area (Å²) in [5.74, 6) is 0.220. The number of alkyl halides is 3. The molecule has 0 atom stereocenters. The predicted molar refractivity (Wildman–Crippen MR) is 68.5 cm³/mol. The van der Waals surface area contributed by atoms with Crippen LogP contribution in [0.3, 0.4) is 0 Å². The van der Waals surface area contributed by atoms with Crippen LogP contribution < -0.4 is 4.74 Å². The number of aromatic nitrogens is 2. The summed E-state index contributed by atoms with van der Waals surface area (Å²) in [4.78, 5) is 8.23. The number of benzene rings is 1. The van der Waals surface area contributed by atoms with Crippen molar-refractivity contribution in [3.05, 3.63) is 41.3 Å². The van der Waals surface area contributed by atoms with Crippen molar-refractivity contribution in [3.63, 3.8) is 0 Å². The van der Waals surface area contributed by atoms with Gasteiger partial charge in [-0.25, -0.2) is 9.97 Å². The molecule has 1 heterocycles. The summed E-state index contributed by atoms with van der Waals surface area (Å²) in [7, 11) is 0. The van der Waals surface area contributed by atoms with Gasteiger partial charge >= 0.3 is 6.36 Å². The fourth-order valence-electron chi connectivity index (χ4n) is 1.62. The molecule has 106 valence electrons. The first-order chi connectivity index (χ1) is 9.37. The second-order valence-electron chi connectivity index (χ2n) is 3.92. The van der Waals surface area contributed by atoms with Gasteiger partial charge in [0.15, 0.2) is 0 Å². The molecule has 0 saturated carbocycles. The summed E-state index contributed by atoms with van der Waals surface area (Å²) in [6.45, 7) is 1.86. The Morgan fingerprint density at radius 3 is 2.60 bits per heavy atom. The lowest BCUT2D eigenvalue weighted by Gasteiger charge is -2.10. The van der Waals surface area contributed by atoms with E-state index in [1.54, 1.807) is 6.07 Å². The van der Waals surface area contributed by atoms with E-state index in [0.717, 1.165) is 0 Å². The van der Waals surface area contributed by atoms with Gasteiger partial charge in [-0.15, -0.1) is 13.2 Å². The lowest BCUT2D eigenvalue weighted by Crippen LogP contribution is -2.17. The van der Waals surface area contributed by atoms with E-state index in [4.69, 9.17) is 11.6 Å². The number of ether oxygens (including phenoxy) is 1. The molecular formula is C13H10ClF3N2O. The molecule has 0 unspecified atom stereocenters. The van der Waals surface area contributed by atoms with E-state index in [2.05, 4.69) is 14.7 Å². The highest BCUT2D eigenvalue weighted by Gasteiger charge is 2.31. The van der Waals surface area contributed by atoms with E-state index in [9.17, 15) is 13.2 Å². The van der Waals surface area contributed by atoms with Crippen LogP contribution >= 0.6 is 11.6 Å². The van der Waals surface area contributed by atoms with Crippen LogP contribution in [0.25, 0.3) is 11.3 Å². The third kappa shape index (κ3) is 3.84. The van der Waals surface area contributed by atoms with Crippen molar-refractivity contribution in [2.45, 2.75) is 19.7 Å².